The number of aromatic nitrogens is 2. The van der Waals surface area contributed by atoms with Gasteiger partial charge in [0, 0.05) is 18.3 Å². The maximum Gasteiger partial charge on any atom is 0.132 e. The highest BCUT2D eigenvalue weighted by atomic mass is 19.1. The zero-order valence-corrected chi connectivity index (χ0v) is 8.23. The van der Waals surface area contributed by atoms with Crippen molar-refractivity contribution in [1.82, 2.24) is 9.78 Å². The normalized spacial score (nSPS) is 10.5. The van der Waals surface area contributed by atoms with Gasteiger partial charge in [-0.3, -0.25) is 4.68 Å². The van der Waals surface area contributed by atoms with E-state index in [4.69, 9.17) is 5.73 Å². The molecule has 15 heavy (non-hydrogen) atoms. The second kappa shape index (κ2) is 4.23. The highest BCUT2D eigenvalue weighted by molar-refractivity contribution is 5.59. The summed E-state index contributed by atoms with van der Waals surface area (Å²) in [6.45, 7) is 1.08. The molecule has 0 spiro atoms. The van der Waals surface area contributed by atoms with Crippen molar-refractivity contribution in [2.45, 2.75) is 6.54 Å². The molecule has 4 heteroatoms. The highest BCUT2D eigenvalue weighted by Crippen LogP contribution is 2.21. The van der Waals surface area contributed by atoms with E-state index in [9.17, 15) is 4.39 Å². The van der Waals surface area contributed by atoms with Gasteiger partial charge >= 0.3 is 0 Å². The van der Waals surface area contributed by atoms with Gasteiger partial charge in [-0.25, -0.2) is 4.39 Å². The van der Waals surface area contributed by atoms with Crippen molar-refractivity contribution in [3.05, 3.63) is 42.3 Å². The molecular weight excluding hydrogens is 193 g/mol. The van der Waals surface area contributed by atoms with Crippen LogP contribution in [-0.2, 0) is 6.54 Å². The second-order valence-electron chi connectivity index (χ2n) is 3.21. The Morgan fingerprint density at radius 3 is 2.80 bits per heavy atom. The first kappa shape index (κ1) is 9.86. The third kappa shape index (κ3) is 1.89. The molecule has 0 saturated carbocycles. The summed E-state index contributed by atoms with van der Waals surface area (Å²) in [6.07, 6.45) is 1.65. The Kier molecular flexibility index (Phi) is 2.78. The van der Waals surface area contributed by atoms with Gasteiger partial charge in [0.15, 0.2) is 0 Å². The topological polar surface area (TPSA) is 43.8 Å². The summed E-state index contributed by atoms with van der Waals surface area (Å²) in [5.41, 5.74) is 6.77. The van der Waals surface area contributed by atoms with Crippen molar-refractivity contribution >= 4 is 0 Å². The van der Waals surface area contributed by atoms with Crippen LogP contribution in [0.1, 0.15) is 0 Å². The molecule has 0 aliphatic rings. The van der Waals surface area contributed by atoms with Gasteiger partial charge in [-0.15, -0.1) is 0 Å². The van der Waals surface area contributed by atoms with E-state index in [0.29, 0.717) is 18.7 Å². The van der Waals surface area contributed by atoms with E-state index < -0.39 is 0 Å². The predicted octanol–water partition coefficient (Wildman–Crippen LogP) is 1.65. The number of nitrogens with zero attached hydrogens (tertiary/aromatic N) is 2. The maximum atomic E-state index is 13.5. The first-order chi connectivity index (χ1) is 7.33. The van der Waals surface area contributed by atoms with Crippen molar-refractivity contribution in [3.63, 3.8) is 0 Å². The summed E-state index contributed by atoms with van der Waals surface area (Å²) in [5.74, 6) is -0.240. The number of hydrogen-bond acceptors (Lipinski definition) is 2. The zero-order valence-electron chi connectivity index (χ0n) is 8.23. The molecule has 0 amide bonds. The smallest absolute Gasteiger partial charge is 0.132 e. The monoisotopic (exact) mass is 205 g/mol. The molecule has 0 bridgehead atoms. The second-order valence-corrected chi connectivity index (χ2v) is 3.21. The minimum Gasteiger partial charge on any atom is -0.329 e. The van der Waals surface area contributed by atoms with Gasteiger partial charge in [0.25, 0.3) is 0 Å². The van der Waals surface area contributed by atoms with Crippen LogP contribution in [0.3, 0.4) is 0 Å². The minimum absolute atomic E-state index is 0.240. The Hall–Kier alpha value is -1.68. The molecule has 0 radical (unpaired) electrons. The molecule has 0 atom stereocenters. The first-order valence-corrected chi connectivity index (χ1v) is 4.79. The number of nitrogens with two attached hydrogens (primary N) is 1. The van der Waals surface area contributed by atoms with Gasteiger partial charge in [0.2, 0.25) is 0 Å². The Labute approximate surface area is 87.3 Å². The lowest BCUT2D eigenvalue weighted by Crippen LogP contribution is -2.12. The summed E-state index contributed by atoms with van der Waals surface area (Å²) in [6, 6.07) is 8.43. The van der Waals surface area contributed by atoms with Crippen LogP contribution in [0.15, 0.2) is 36.5 Å². The Morgan fingerprint density at radius 1 is 1.27 bits per heavy atom. The predicted molar refractivity (Wildman–Crippen MR) is 56.7 cm³/mol. The van der Waals surface area contributed by atoms with Gasteiger partial charge < -0.3 is 5.73 Å². The van der Waals surface area contributed by atoms with Crippen LogP contribution in [0, 0.1) is 5.82 Å². The van der Waals surface area contributed by atoms with Crippen LogP contribution < -0.4 is 5.73 Å². The first-order valence-electron chi connectivity index (χ1n) is 4.79. The maximum absolute atomic E-state index is 13.5. The molecular formula is C11H12FN3. The van der Waals surface area contributed by atoms with E-state index in [-0.39, 0.29) is 5.82 Å². The third-order valence-corrected chi connectivity index (χ3v) is 2.21. The summed E-state index contributed by atoms with van der Waals surface area (Å²) < 4.78 is 15.2. The van der Waals surface area contributed by atoms with Gasteiger partial charge in [-0.05, 0) is 18.2 Å². The Balaban J connectivity index is 2.45. The fraction of sp³-hybridized carbons (Fsp3) is 0.182. The van der Waals surface area contributed by atoms with Gasteiger partial charge in [-0.2, -0.15) is 5.10 Å². The molecule has 2 rings (SSSR count). The van der Waals surface area contributed by atoms with Crippen molar-refractivity contribution in [2.75, 3.05) is 6.54 Å². The zero-order chi connectivity index (χ0) is 10.7. The van der Waals surface area contributed by atoms with Crippen molar-refractivity contribution in [1.29, 1.82) is 0 Å². The van der Waals surface area contributed by atoms with Crippen LogP contribution in [-0.4, -0.2) is 16.3 Å². The van der Waals surface area contributed by atoms with E-state index in [0.717, 1.165) is 5.69 Å². The highest BCUT2D eigenvalue weighted by Gasteiger charge is 2.08. The molecule has 0 fully saturated rings. The van der Waals surface area contributed by atoms with E-state index in [1.54, 1.807) is 35.1 Å². The lowest BCUT2D eigenvalue weighted by atomic mass is 10.1. The Bertz CT molecular complexity index is 451. The minimum atomic E-state index is -0.240. The van der Waals surface area contributed by atoms with Gasteiger partial charge in [0.1, 0.15) is 5.82 Å². The lowest BCUT2D eigenvalue weighted by Gasteiger charge is -2.06. The average molecular weight is 205 g/mol. The molecule has 2 aromatic rings. The summed E-state index contributed by atoms with van der Waals surface area (Å²) >= 11 is 0. The fourth-order valence-electron chi connectivity index (χ4n) is 1.53. The number of rotatable bonds is 3. The van der Waals surface area contributed by atoms with Gasteiger partial charge in [-0.1, -0.05) is 12.1 Å². The molecule has 0 unspecified atom stereocenters. The standard InChI is InChI=1S/C11H12FN3/c12-10-4-2-1-3-9(10)11-5-7-14-15(11)8-6-13/h1-5,7H,6,8,13H2. The summed E-state index contributed by atoms with van der Waals surface area (Å²) in [5, 5.41) is 4.09. The SMILES string of the molecule is NCCn1nccc1-c1ccccc1F. The van der Waals surface area contributed by atoms with Crippen molar-refractivity contribution in [2.24, 2.45) is 5.73 Å². The van der Waals surface area contributed by atoms with E-state index in [1.807, 2.05) is 0 Å². The Morgan fingerprint density at radius 2 is 2.07 bits per heavy atom. The molecule has 1 aromatic heterocycles. The number of benzene rings is 1. The quantitative estimate of drug-likeness (QED) is 0.828. The molecule has 0 saturated heterocycles. The van der Waals surface area contributed by atoms with Gasteiger partial charge in [0.05, 0.1) is 12.2 Å². The van der Waals surface area contributed by atoms with Crippen LogP contribution in [0.25, 0.3) is 11.3 Å². The number of hydrogen-bond donors (Lipinski definition) is 1. The molecule has 2 N–H and O–H groups in total. The van der Waals surface area contributed by atoms with Crippen molar-refractivity contribution in [3.8, 4) is 11.3 Å². The van der Waals surface area contributed by atoms with E-state index in [2.05, 4.69) is 5.10 Å². The molecule has 1 aromatic carbocycles. The van der Waals surface area contributed by atoms with Crippen LogP contribution in [0.4, 0.5) is 4.39 Å². The van der Waals surface area contributed by atoms with Crippen molar-refractivity contribution < 1.29 is 4.39 Å². The molecule has 78 valence electrons. The third-order valence-electron chi connectivity index (χ3n) is 2.21. The largest absolute Gasteiger partial charge is 0.329 e. The average Bonchev–Trinajstić information content (AvgIpc) is 2.67. The van der Waals surface area contributed by atoms with E-state index >= 15 is 0 Å². The van der Waals surface area contributed by atoms with E-state index in [1.165, 1.54) is 6.07 Å². The molecule has 3 nitrogen and oxygen atoms in total. The summed E-state index contributed by atoms with van der Waals surface area (Å²) in [7, 11) is 0. The fourth-order valence-corrected chi connectivity index (χ4v) is 1.53. The van der Waals surface area contributed by atoms with Crippen LogP contribution >= 0.6 is 0 Å². The molecule has 1 heterocycles. The lowest BCUT2D eigenvalue weighted by molar-refractivity contribution is 0.611. The van der Waals surface area contributed by atoms with Crippen LogP contribution in [0.2, 0.25) is 0 Å². The molecule has 0 aliphatic carbocycles. The number of halogens is 1. The molecule has 0 aliphatic heterocycles. The van der Waals surface area contributed by atoms with Crippen LogP contribution in [0.5, 0.6) is 0 Å². The summed E-state index contributed by atoms with van der Waals surface area (Å²) in [4.78, 5) is 0.